The second-order valence-electron chi connectivity index (χ2n) is 4.97. The molecule has 0 aliphatic carbocycles. The fourth-order valence-corrected chi connectivity index (χ4v) is 2.83. The standard InChI is InChI=1S/C11H21NO4S/c1-8(2)10(13)12-11(5,6)7-17(14,15)16-9(3)4/h9H,1,7H2,2-6H3,(H,12,13). The first-order valence-electron chi connectivity index (χ1n) is 5.34. The number of nitrogens with one attached hydrogen (secondary N) is 1. The van der Waals surface area contributed by atoms with E-state index in [1.54, 1.807) is 34.6 Å². The van der Waals surface area contributed by atoms with Gasteiger partial charge in [-0.2, -0.15) is 8.42 Å². The third kappa shape index (κ3) is 7.12. The number of carbonyl (C=O) groups is 1. The zero-order chi connectivity index (χ0) is 13.9. The van der Waals surface area contributed by atoms with E-state index in [2.05, 4.69) is 11.9 Å². The summed E-state index contributed by atoms with van der Waals surface area (Å²) in [4.78, 5) is 11.4. The Morgan fingerprint density at radius 2 is 1.88 bits per heavy atom. The summed E-state index contributed by atoms with van der Waals surface area (Å²) in [6.45, 7) is 11.6. The number of rotatable bonds is 6. The van der Waals surface area contributed by atoms with Gasteiger partial charge in [-0.3, -0.25) is 8.98 Å². The van der Waals surface area contributed by atoms with E-state index in [0.29, 0.717) is 5.57 Å². The molecule has 6 heteroatoms. The van der Waals surface area contributed by atoms with Crippen LogP contribution < -0.4 is 5.32 Å². The minimum atomic E-state index is -3.65. The minimum absolute atomic E-state index is 0.281. The topological polar surface area (TPSA) is 72.5 Å². The van der Waals surface area contributed by atoms with Crippen LogP contribution in [0, 0.1) is 0 Å². The first-order valence-corrected chi connectivity index (χ1v) is 6.92. The first kappa shape index (κ1) is 16.1. The van der Waals surface area contributed by atoms with Gasteiger partial charge in [0.25, 0.3) is 10.1 Å². The lowest BCUT2D eigenvalue weighted by molar-refractivity contribution is -0.118. The molecule has 0 unspecified atom stereocenters. The highest BCUT2D eigenvalue weighted by Gasteiger charge is 2.29. The normalized spacial score (nSPS) is 12.6. The molecule has 1 amide bonds. The minimum Gasteiger partial charge on any atom is -0.346 e. The van der Waals surface area contributed by atoms with E-state index in [0.717, 1.165) is 0 Å². The monoisotopic (exact) mass is 263 g/mol. The van der Waals surface area contributed by atoms with Crippen LogP contribution in [-0.4, -0.2) is 31.7 Å². The lowest BCUT2D eigenvalue weighted by Crippen LogP contribution is -2.49. The van der Waals surface area contributed by atoms with Crippen molar-refractivity contribution >= 4 is 16.0 Å². The van der Waals surface area contributed by atoms with Gasteiger partial charge in [0.1, 0.15) is 0 Å². The van der Waals surface area contributed by atoms with Gasteiger partial charge in [0.05, 0.1) is 17.4 Å². The predicted octanol–water partition coefficient (Wildman–Crippen LogP) is 1.21. The highest BCUT2D eigenvalue weighted by molar-refractivity contribution is 7.86. The fraction of sp³-hybridized carbons (Fsp3) is 0.727. The lowest BCUT2D eigenvalue weighted by Gasteiger charge is -2.26. The van der Waals surface area contributed by atoms with Crippen LogP contribution in [0.1, 0.15) is 34.6 Å². The summed E-state index contributed by atoms with van der Waals surface area (Å²) in [5.74, 6) is -0.647. The lowest BCUT2D eigenvalue weighted by atomic mass is 10.1. The van der Waals surface area contributed by atoms with E-state index in [1.807, 2.05) is 0 Å². The molecule has 0 aromatic carbocycles. The molecule has 0 heterocycles. The van der Waals surface area contributed by atoms with Gasteiger partial charge in [-0.15, -0.1) is 0 Å². The quantitative estimate of drug-likeness (QED) is 0.577. The summed E-state index contributed by atoms with van der Waals surface area (Å²) >= 11 is 0. The zero-order valence-electron chi connectivity index (χ0n) is 11.0. The Hall–Kier alpha value is -0.880. The fourth-order valence-electron chi connectivity index (χ4n) is 1.22. The van der Waals surface area contributed by atoms with Gasteiger partial charge < -0.3 is 5.32 Å². The molecule has 0 aliphatic rings. The van der Waals surface area contributed by atoms with Gasteiger partial charge in [-0.1, -0.05) is 6.58 Å². The van der Waals surface area contributed by atoms with Crippen LogP contribution in [0.5, 0.6) is 0 Å². The Kier molecular flexibility index (Phi) is 5.35. The Morgan fingerprint density at radius 3 is 2.24 bits per heavy atom. The molecule has 0 aromatic heterocycles. The molecular weight excluding hydrogens is 242 g/mol. The SMILES string of the molecule is C=C(C)C(=O)NC(C)(C)CS(=O)(=O)OC(C)C. The van der Waals surface area contributed by atoms with Gasteiger partial charge in [-0.05, 0) is 34.6 Å². The maximum atomic E-state index is 11.6. The molecule has 0 radical (unpaired) electrons. The third-order valence-corrected chi connectivity index (χ3v) is 3.47. The Balaban J connectivity index is 4.65. The summed E-state index contributed by atoms with van der Waals surface area (Å²) in [7, 11) is -3.65. The zero-order valence-corrected chi connectivity index (χ0v) is 11.8. The van der Waals surface area contributed by atoms with Crippen LogP contribution in [-0.2, 0) is 19.1 Å². The Morgan fingerprint density at radius 1 is 1.41 bits per heavy atom. The maximum Gasteiger partial charge on any atom is 0.269 e. The van der Waals surface area contributed by atoms with Crippen molar-refractivity contribution in [3.8, 4) is 0 Å². The first-order chi connectivity index (χ1) is 7.45. The molecule has 1 N–H and O–H groups in total. The van der Waals surface area contributed by atoms with E-state index in [1.165, 1.54) is 0 Å². The second kappa shape index (κ2) is 5.64. The van der Waals surface area contributed by atoms with Crippen LogP contribution in [0.25, 0.3) is 0 Å². The van der Waals surface area contributed by atoms with Crippen molar-refractivity contribution in [1.82, 2.24) is 5.32 Å². The molecule has 0 atom stereocenters. The highest BCUT2D eigenvalue weighted by Crippen LogP contribution is 2.11. The average molecular weight is 263 g/mol. The van der Waals surface area contributed by atoms with E-state index in [9.17, 15) is 13.2 Å². The molecule has 0 aromatic rings. The third-order valence-electron chi connectivity index (χ3n) is 1.72. The van der Waals surface area contributed by atoms with E-state index in [4.69, 9.17) is 4.18 Å². The molecule has 0 saturated carbocycles. The van der Waals surface area contributed by atoms with Crippen LogP contribution >= 0.6 is 0 Å². The van der Waals surface area contributed by atoms with Crippen LogP contribution in [0.3, 0.4) is 0 Å². The van der Waals surface area contributed by atoms with Crippen molar-refractivity contribution in [2.24, 2.45) is 0 Å². The van der Waals surface area contributed by atoms with E-state index in [-0.39, 0.29) is 11.7 Å². The molecule has 5 nitrogen and oxygen atoms in total. The van der Waals surface area contributed by atoms with Crippen molar-refractivity contribution in [3.05, 3.63) is 12.2 Å². The molecule has 0 rings (SSSR count). The van der Waals surface area contributed by atoms with Crippen molar-refractivity contribution in [3.63, 3.8) is 0 Å². The average Bonchev–Trinajstić information content (AvgIpc) is 1.96. The van der Waals surface area contributed by atoms with Gasteiger partial charge in [0.15, 0.2) is 0 Å². The molecule has 0 saturated heterocycles. The Labute approximate surface area is 103 Å². The molecule has 0 bridgehead atoms. The highest BCUT2D eigenvalue weighted by atomic mass is 32.2. The summed E-state index contributed by atoms with van der Waals surface area (Å²) in [6.07, 6.45) is -0.410. The van der Waals surface area contributed by atoms with Gasteiger partial charge in [0, 0.05) is 5.57 Å². The number of hydrogen-bond acceptors (Lipinski definition) is 4. The van der Waals surface area contributed by atoms with Crippen molar-refractivity contribution < 1.29 is 17.4 Å². The second-order valence-corrected chi connectivity index (χ2v) is 6.56. The van der Waals surface area contributed by atoms with Crippen LogP contribution in [0.15, 0.2) is 12.2 Å². The molecule has 0 aliphatic heterocycles. The van der Waals surface area contributed by atoms with Crippen molar-refractivity contribution in [2.45, 2.75) is 46.3 Å². The van der Waals surface area contributed by atoms with Gasteiger partial charge in [0.2, 0.25) is 5.91 Å². The van der Waals surface area contributed by atoms with E-state index < -0.39 is 21.8 Å². The summed E-state index contributed by atoms with van der Waals surface area (Å²) in [6, 6.07) is 0. The predicted molar refractivity (Wildman–Crippen MR) is 67.0 cm³/mol. The van der Waals surface area contributed by atoms with Crippen LogP contribution in [0.4, 0.5) is 0 Å². The molecule has 17 heavy (non-hydrogen) atoms. The molecular formula is C11H21NO4S. The van der Waals surface area contributed by atoms with Gasteiger partial charge in [-0.25, -0.2) is 0 Å². The largest absolute Gasteiger partial charge is 0.346 e. The number of carbonyl (C=O) groups excluding carboxylic acids is 1. The molecule has 100 valence electrons. The number of amides is 1. The summed E-state index contributed by atoms with van der Waals surface area (Å²) in [5, 5.41) is 2.59. The van der Waals surface area contributed by atoms with E-state index >= 15 is 0 Å². The summed E-state index contributed by atoms with van der Waals surface area (Å²) < 4.78 is 28.0. The molecule has 0 spiro atoms. The van der Waals surface area contributed by atoms with Crippen molar-refractivity contribution in [2.75, 3.05) is 5.75 Å². The molecule has 0 fully saturated rings. The maximum absolute atomic E-state index is 11.6. The summed E-state index contributed by atoms with van der Waals surface area (Å²) in [5.41, 5.74) is -0.565. The van der Waals surface area contributed by atoms with Gasteiger partial charge >= 0.3 is 0 Å². The smallest absolute Gasteiger partial charge is 0.269 e. The van der Waals surface area contributed by atoms with Crippen LogP contribution in [0.2, 0.25) is 0 Å². The Bertz CT molecular complexity index is 396. The van der Waals surface area contributed by atoms with Crippen molar-refractivity contribution in [1.29, 1.82) is 0 Å². The number of hydrogen-bond donors (Lipinski definition) is 1.